The quantitative estimate of drug-likeness (QED) is 0.150. The maximum Gasteiger partial charge on any atom is 0.192 e. The van der Waals surface area contributed by atoms with E-state index in [1.807, 2.05) is 0 Å². The molecule has 0 aromatic rings. The van der Waals surface area contributed by atoms with Crippen molar-refractivity contribution in [3.63, 3.8) is 0 Å². The zero-order chi connectivity index (χ0) is 28.0. The molecule has 1 aliphatic heterocycles. The van der Waals surface area contributed by atoms with E-state index in [-0.39, 0.29) is 40.6 Å². The number of ether oxygens (including phenoxy) is 1. The number of aliphatic hydroxyl groups excluding tert-OH is 1. The van der Waals surface area contributed by atoms with Crippen LogP contribution in [0.5, 0.6) is 0 Å². The molecule has 3 fully saturated rings. The molecule has 3 rings (SSSR count). The first-order valence-electron chi connectivity index (χ1n) is 15.2. The Bertz CT molecular complexity index is 796. The van der Waals surface area contributed by atoms with Crippen LogP contribution in [0.3, 0.4) is 0 Å². The Balaban J connectivity index is 1.85. The topological polar surface area (TPSA) is 51.2 Å². The van der Waals surface area contributed by atoms with Crippen molar-refractivity contribution in [3.05, 3.63) is 12.2 Å². The summed E-state index contributed by atoms with van der Waals surface area (Å²) in [5, 5.41) is 10.5. The molecule has 1 saturated heterocycles. The summed E-state index contributed by atoms with van der Waals surface area (Å²) in [6, 6.07) is 0. The average Bonchev–Trinajstić information content (AvgIpc) is 3.25. The average molecular weight is 553 g/mol. The van der Waals surface area contributed by atoms with Crippen LogP contribution in [-0.4, -0.2) is 52.3 Å². The predicted molar refractivity (Wildman–Crippen MR) is 161 cm³/mol. The number of hydrogen-bond acceptors (Lipinski definition) is 4. The lowest BCUT2D eigenvalue weighted by atomic mass is 9.88. The number of epoxide rings is 1. The van der Waals surface area contributed by atoms with Gasteiger partial charge < -0.3 is 18.7 Å². The monoisotopic (exact) mass is 552 g/mol. The van der Waals surface area contributed by atoms with Gasteiger partial charge in [-0.2, -0.15) is 0 Å². The van der Waals surface area contributed by atoms with Crippen molar-refractivity contribution in [2.24, 2.45) is 23.7 Å². The molecule has 8 atom stereocenters. The highest BCUT2D eigenvalue weighted by molar-refractivity contribution is 6.74. The lowest BCUT2D eigenvalue weighted by Crippen LogP contribution is -2.45. The van der Waals surface area contributed by atoms with Crippen molar-refractivity contribution in [1.82, 2.24) is 0 Å². The maximum atomic E-state index is 10.1. The molecule has 0 amide bonds. The van der Waals surface area contributed by atoms with Crippen LogP contribution in [0.25, 0.3) is 0 Å². The molecule has 2 saturated carbocycles. The van der Waals surface area contributed by atoms with Crippen LogP contribution >= 0.6 is 0 Å². The van der Waals surface area contributed by atoms with Crippen molar-refractivity contribution in [3.8, 4) is 0 Å². The van der Waals surface area contributed by atoms with Gasteiger partial charge >= 0.3 is 0 Å². The molecule has 37 heavy (non-hydrogen) atoms. The van der Waals surface area contributed by atoms with Gasteiger partial charge in [-0.1, -0.05) is 86.8 Å². The summed E-state index contributed by atoms with van der Waals surface area (Å²) in [5.41, 5.74) is -0.269. The molecule has 2 unspecified atom stereocenters. The van der Waals surface area contributed by atoms with E-state index in [1.165, 1.54) is 19.3 Å². The van der Waals surface area contributed by atoms with E-state index in [0.717, 1.165) is 19.3 Å². The summed E-state index contributed by atoms with van der Waals surface area (Å²) in [5.74, 6) is 2.05. The number of fused-ring (bicyclic) bond motifs is 3. The van der Waals surface area contributed by atoms with Gasteiger partial charge in [-0.15, -0.1) is 0 Å². The van der Waals surface area contributed by atoms with E-state index < -0.39 is 16.6 Å². The fourth-order valence-electron chi connectivity index (χ4n) is 6.24. The van der Waals surface area contributed by atoms with E-state index in [4.69, 9.17) is 13.6 Å². The molecule has 1 heterocycles. The second-order valence-corrected chi connectivity index (χ2v) is 25.3. The first-order valence-corrected chi connectivity index (χ1v) is 21.0. The first kappa shape index (κ1) is 31.5. The third-order valence-electron chi connectivity index (χ3n) is 10.8. The molecule has 0 radical (unpaired) electrons. The summed E-state index contributed by atoms with van der Waals surface area (Å²) < 4.78 is 20.2. The smallest absolute Gasteiger partial charge is 0.192 e. The van der Waals surface area contributed by atoms with Crippen LogP contribution in [0.15, 0.2) is 12.2 Å². The summed E-state index contributed by atoms with van der Waals surface area (Å²) in [6.07, 6.45) is 12.4. The fourth-order valence-corrected chi connectivity index (χ4v) is 8.89. The van der Waals surface area contributed by atoms with Gasteiger partial charge in [-0.3, -0.25) is 0 Å². The zero-order valence-electron chi connectivity index (χ0n) is 26.3. The van der Waals surface area contributed by atoms with Gasteiger partial charge in [0.25, 0.3) is 0 Å². The Hall–Kier alpha value is 0.0138. The van der Waals surface area contributed by atoms with E-state index in [1.54, 1.807) is 0 Å². The van der Waals surface area contributed by atoms with Gasteiger partial charge in [0, 0.05) is 5.92 Å². The van der Waals surface area contributed by atoms with E-state index >= 15 is 0 Å². The molecular formula is C31H60O4Si2. The van der Waals surface area contributed by atoms with Crippen LogP contribution < -0.4 is 0 Å². The summed E-state index contributed by atoms with van der Waals surface area (Å²) in [6.45, 7) is 28.4. The standard InChI is InChI=1S/C31H60O4Si2/c1-13-14-15-22(2)18-23(34-36(9,10)29(3,4)5)16-17-24-26-20-31(21-32)28(33-31)25(26)19-27(24)35-37(11,12)30(6,7)8/h16-17,22-28,32H,13-15,18-21H2,1-12H3/b17-16+/t22-,23-,24+,25+,26-,27-,28?,31?/m1/s1. The van der Waals surface area contributed by atoms with Gasteiger partial charge in [0.2, 0.25) is 0 Å². The molecule has 2 aliphatic carbocycles. The van der Waals surface area contributed by atoms with Crippen molar-refractivity contribution < 1.29 is 18.7 Å². The second-order valence-electron chi connectivity index (χ2n) is 15.8. The minimum absolute atomic E-state index is 0.152. The zero-order valence-corrected chi connectivity index (χ0v) is 28.3. The lowest BCUT2D eigenvalue weighted by Gasteiger charge is -2.40. The number of rotatable bonds is 12. The third kappa shape index (κ3) is 6.85. The van der Waals surface area contributed by atoms with Crippen LogP contribution in [0.1, 0.15) is 93.9 Å². The Morgan fingerprint density at radius 1 is 1.03 bits per heavy atom. The minimum atomic E-state index is -1.90. The third-order valence-corrected chi connectivity index (χ3v) is 19.8. The SMILES string of the molecule is CCCC[C@@H](C)C[C@@H](/C=C/[C@H]1[C@H]2CC3(CO)OC3[C@H]2C[C@H]1O[Si](C)(C)C(C)(C)C)O[Si](C)(C)C(C)(C)C. The van der Waals surface area contributed by atoms with Gasteiger partial charge in [0.15, 0.2) is 16.6 Å². The summed E-state index contributed by atoms with van der Waals surface area (Å²) in [7, 11) is -3.80. The summed E-state index contributed by atoms with van der Waals surface area (Å²) >= 11 is 0. The number of unbranched alkanes of at least 4 members (excludes halogenated alkanes) is 1. The fraction of sp³-hybridized carbons (Fsp3) is 0.935. The predicted octanol–water partition coefficient (Wildman–Crippen LogP) is 8.33. The van der Waals surface area contributed by atoms with Gasteiger partial charge in [0.1, 0.15) is 5.60 Å². The molecule has 0 spiro atoms. The highest BCUT2D eigenvalue weighted by Crippen LogP contribution is 2.63. The summed E-state index contributed by atoms with van der Waals surface area (Å²) in [4.78, 5) is 0. The molecule has 0 bridgehead atoms. The van der Waals surface area contributed by atoms with Crippen LogP contribution in [-0.2, 0) is 13.6 Å². The van der Waals surface area contributed by atoms with E-state index in [9.17, 15) is 5.11 Å². The maximum absolute atomic E-state index is 10.1. The van der Waals surface area contributed by atoms with Crippen LogP contribution in [0, 0.1) is 23.7 Å². The van der Waals surface area contributed by atoms with E-state index in [0.29, 0.717) is 23.7 Å². The highest BCUT2D eigenvalue weighted by Gasteiger charge is 2.71. The lowest BCUT2D eigenvalue weighted by molar-refractivity contribution is 0.110. The van der Waals surface area contributed by atoms with Crippen molar-refractivity contribution in [1.29, 1.82) is 0 Å². The molecule has 216 valence electrons. The molecule has 0 aromatic heterocycles. The van der Waals surface area contributed by atoms with Gasteiger partial charge in [-0.25, -0.2) is 0 Å². The Morgan fingerprint density at radius 3 is 2.19 bits per heavy atom. The normalized spacial score (nSPS) is 34.0. The van der Waals surface area contributed by atoms with Crippen LogP contribution in [0.2, 0.25) is 36.3 Å². The Labute approximate surface area is 231 Å². The molecule has 0 aromatic carbocycles. The molecule has 4 nitrogen and oxygen atoms in total. The van der Waals surface area contributed by atoms with Gasteiger partial charge in [-0.05, 0) is 73.3 Å². The number of hydrogen-bond donors (Lipinski definition) is 1. The van der Waals surface area contributed by atoms with Crippen molar-refractivity contribution >= 4 is 16.6 Å². The molecule has 3 aliphatic rings. The highest BCUT2D eigenvalue weighted by atomic mass is 28.4. The van der Waals surface area contributed by atoms with Crippen LogP contribution in [0.4, 0.5) is 0 Å². The first-order chi connectivity index (χ1) is 16.9. The largest absolute Gasteiger partial charge is 0.413 e. The van der Waals surface area contributed by atoms with Crippen molar-refractivity contribution in [2.75, 3.05) is 6.61 Å². The Kier molecular flexibility index (Phi) is 9.48. The molecule has 1 N–H and O–H groups in total. The Morgan fingerprint density at radius 2 is 1.65 bits per heavy atom. The van der Waals surface area contributed by atoms with Crippen molar-refractivity contribution in [2.45, 2.75) is 154 Å². The van der Waals surface area contributed by atoms with Gasteiger partial charge in [0.05, 0.1) is 24.9 Å². The van der Waals surface area contributed by atoms with E-state index in [2.05, 4.69) is 93.7 Å². The number of aliphatic hydroxyl groups is 1. The molecule has 6 heteroatoms. The molecular weight excluding hydrogens is 493 g/mol. The minimum Gasteiger partial charge on any atom is -0.413 e. The second kappa shape index (κ2) is 11.1.